The summed E-state index contributed by atoms with van der Waals surface area (Å²) >= 11 is 0. The van der Waals surface area contributed by atoms with Gasteiger partial charge in [-0.2, -0.15) is 10.5 Å². The summed E-state index contributed by atoms with van der Waals surface area (Å²) in [5.41, 5.74) is 5.91. The molecule has 1 aliphatic rings. The minimum Gasteiger partial charge on any atom is -0.469 e. The molecule has 1 aromatic carbocycles. The largest absolute Gasteiger partial charge is 0.469 e. The van der Waals surface area contributed by atoms with Gasteiger partial charge in [-0.15, -0.1) is 0 Å². The quantitative estimate of drug-likeness (QED) is 0.631. The Morgan fingerprint density at radius 1 is 1.42 bits per heavy atom. The van der Waals surface area contributed by atoms with Gasteiger partial charge in [-0.1, -0.05) is 12.1 Å². The summed E-state index contributed by atoms with van der Waals surface area (Å²) < 4.78 is 5.28. The number of nitrogens with two attached hydrogens (primary N) is 1. The molecule has 1 heterocycles. The summed E-state index contributed by atoms with van der Waals surface area (Å²) in [6.07, 6.45) is -0.792. The fraction of sp³-hybridized carbons (Fsp3) is 0.167. The Bertz CT molecular complexity index is 654. The minimum absolute atomic E-state index is 0.0546. The Hall–Kier alpha value is -3.06. The van der Waals surface area contributed by atoms with Gasteiger partial charge in [0.2, 0.25) is 0 Å². The predicted octanol–water partition coefficient (Wildman–Crippen LogP) is 1.50. The van der Waals surface area contributed by atoms with E-state index in [2.05, 4.69) is 0 Å². The first-order valence-electron chi connectivity index (χ1n) is 5.29. The maximum Gasteiger partial charge on any atom is 0.269 e. The molecule has 0 radical (unpaired) electrons. The van der Waals surface area contributed by atoms with E-state index < -0.39 is 16.9 Å². The normalized spacial score (nSPS) is 21.4. The van der Waals surface area contributed by atoms with Crippen molar-refractivity contribution in [1.29, 1.82) is 10.5 Å². The third kappa shape index (κ3) is 2.05. The molecule has 0 bridgehead atoms. The van der Waals surface area contributed by atoms with Crippen LogP contribution in [0.25, 0.3) is 0 Å². The molecular weight excluding hydrogens is 248 g/mol. The lowest BCUT2D eigenvalue weighted by atomic mass is 9.92. The van der Waals surface area contributed by atoms with Crippen molar-refractivity contribution < 1.29 is 9.66 Å². The molecule has 2 N–H and O–H groups in total. The topological polar surface area (TPSA) is 126 Å². The second kappa shape index (κ2) is 4.67. The van der Waals surface area contributed by atoms with E-state index in [0.717, 1.165) is 0 Å². The summed E-state index contributed by atoms with van der Waals surface area (Å²) in [7, 11) is 0. The average Bonchev–Trinajstić information content (AvgIpc) is 2.74. The van der Waals surface area contributed by atoms with Crippen molar-refractivity contribution in [2.75, 3.05) is 0 Å². The number of hydrogen-bond donors (Lipinski definition) is 1. The molecule has 0 saturated carbocycles. The van der Waals surface area contributed by atoms with Crippen LogP contribution in [-0.2, 0) is 4.74 Å². The second-order valence-electron chi connectivity index (χ2n) is 3.89. The van der Waals surface area contributed by atoms with E-state index in [1.807, 2.05) is 12.1 Å². The highest BCUT2D eigenvalue weighted by Crippen LogP contribution is 2.39. The maximum absolute atomic E-state index is 10.7. The van der Waals surface area contributed by atoms with E-state index in [9.17, 15) is 10.1 Å². The van der Waals surface area contributed by atoms with Gasteiger partial charge in [0.15, 0.2) is 5.88 Å². The standard InChI is InChI=1S/C12H8N4O3/c13-5-9-10(6-14)12(15)19-11(9)7-2-1-3-8(4-7)16(17)18/h1-4,9,11H,15H2/t9-,11+/m1/s1. The van der Waals surface area contributed by atoms with E-state index in [4.69, 9.17) is 21.0 Å². The van der Waals surface area contributed by atoms with Gasteiger partial charge in [0.25, 0.3) is 5.69 Å². The van der Waals surface area contributed by atoms with Crippen LogP contribution in [0, 0.1) is 38.7 Å². The van der Waals surface area contributed by atoms with Gasteiger partial charge in [-0.3, -0.25) is 10.1 Å². The van der Waals surface area contributed by atoms with E-state index >= 15 is 0 Å². The zero-order valence-corrected chi connectivity index (χ0v) is 9.61. The van der Waals surface area contributed by atoms with E-state index in [1.165, 1.54) is 18.2 Å². The number of nitro benzene ring substituents is 1. The van der Waals surface area contributed by atoms with Crippen LogP contribution < -0.4 is 5.73 Å². The lowest BCUT2D eigenvalue weighted by Crippen LogP contribution is -2.09. The van der Waals surface area contributed by atoms with Crippen LogP contribution in [0.2, 0.25) is 0 Å². The molecule has 0 amide bonds. The summed E-state index contributed by atoms with van der Waals surface area (Å²) in [5.74, 6) is -0.961. The molecule has 94 valence electrons. The van der Waals surface area contributed by atoms with Gasteiger partial charge >= 0.3 is 0 Å². The van der Waals surface area contributed by atoms with Crippen molar-refractivity contribution in [1.82, 2.24) is 0 Å². The summed E-state index contributed by atoms with van der Waals surface area (Å²) in [4.78, 5) is 10.2. The van der Waals surface area contributed by atoms with Gasteiger partial charge in [0.1, 0.15) is 23.7 Å². The van der Waals surface area contributed by atoms with Crippen LogP contribution in [-0.4, -0.2) is 4.92 Å². The molecule has 2 rings (SSSR count). The Kier molecular flexibility index (Phi) is 3.05. The van der Waals surface area contributed by atoms with Gasteiger partial charge in [-0.05, 0) is 0 Å². The molecule has 0 unspecified atom stereocenters. The number of hydrogen-bond acceptors (Lipinski definition) is 6. The van der Waals surface area contributed by atoms with Crippen molar-refractivity contribution in [3.8, 4) is 12.1 Å². The molecule has 0 fully saturated rings. The first-order chi connectivity index (χ1) is 9.08. The predicted molar refractivity (Wildman–Crippen MR) is 62.9 cm³/mol. The molecule has 2 atom stereocenters. The average molecular weight is 256 g/mol. The smallest absolute Gasteiger partial charge is 0.269 e. The fourth-order valence-corrected chi connectivity index (χ4v) is 1.91. The molecule has 7 nitrogen and oxygen atoms in total. The molecule has 0 spiro atoms. The van der Waals surface area contributed by atoms with Crippen molar-refractivity contribution >= 4 is 5.69 Å². The Labute approximate surface area is 108 Å². The van der Waals surface area contributed by atoms with Crippen LogP contribution in [0.3, 0.4) is 0 Å². The van der Waals surface area contributed by atoms with Crippen LogP contribution in [0.4, 0.5) is 5.69 Å². The third-order valence-electron chi connectivity index (χ3n) is 2.80. The second-order valence-corrected chi connectivity index (χ2v) is 3.89. The van der Waals surface area contributed by atoms with Crippen molar-refractivity contribution in [3.63, 3.8) is 0 Å². The van der Waals surface area contributed by atoms with Crippen molar-refractivity contribution in [3.05, 3.63) is 51.4 Å². The Morgan fingerprint density at radius 3 is 2.74 bits per heavy atom. The summed E-state index contributed by atoms with van der Waals surface area (Å²) in [6.45, 7) is 0. The summed E-state index contributed by atoms with van der Waals surface area (Å²) in [6, 6.07) is 9.49. The lowest BCUT2D eigenvalue weighted by molar-refractivity contribution is -0.385. The number of nitro groups is 1. The van der Waals surface area contributed by atoms with Crippen LogP contribution in [0.1, 0.15) is 11.7 Å². The fourth-order valence-electron chi connectivity index (χ4n) is 1.91. The zero-order chi connectivity index (χ0) is 14.0. The molecule has 0 saturated heterocycles. The van der Waals surface area contributed by atoms with E-state index in [0.29, 0.717) is 5.56 Å². The molecular formula is C12H8N4O3. The molecule has 0 aromatic heterocycles. The molecule has 7 heteroatoms. The highest BCUT2D eigenvalue weighted by Gasteiger charge is 2.38. The zero-order valence-electron chi connectivity index (χ0n) is 9.61. The Morgan fingerprint density at radius 2 is 2.16 bits per heavy atom. The first-order valence-corrected chi connectivity index (χ1v) is 5.29. The molecule has 19 heavy (non-hydrogen) atoms. The van der Waals surface area contributed by atoms with Crippen molar-refractivity contribution in [2.24, 2.45) is 11.7 Å². The lowest BCUT2D eigenvalue weighted by Gasteiger charge is -2.14. The highest BCUT2D eigenvalue weighted by atomic mass is 16.6. The molecule has 1 aliphatic heterocycles. The number of non-ortho nitro benzene ring substituents is 1. The van der Waals surface area contributed by atoms with Gasteiger partial charge in [-0.25, -0.2) is 0 Å². The summed E-state index contributed by atoms with van der Waals surface area (Å²) in [5, 5.41) is 28.7. The van der Waals surface area contributed by atoms with Crippen molar-refractivity contribution in [2.45, 2.75) is 6.10 Å². The number of ether oxygens (including phenoxy) is 1. The number of rotatable bonds is 2. The maximum atomic E-state index is 10.7. The monoisotopic (exact) mass is 256 g/mol. The van der Waals surface area contributed by atoms with Crippen LogP contribution >= 0.6 is 0 Å². The Balaban J connectivity index is 2.40. The van der Waals surface area contributed by atoms with Gasteiger partial charge in [0, 0.05) is 17.7 Å². The third-order valence-corrected chi connectivity index (χ3v) is 2.80. The minimum atomic E-state index is -0.855. The van der Waals surface area contributed by atoms with Crippen LogP contribution in [0.15, 0.2) is 35.7 Å². The van der Waals surface area contributed by atoms with Gasteiger partial charge < -0.3 is 10.5 Å². The van der Waals surface area contributed by atoms with Gasteiger partial charge in [0.05, 0.1) is 11.0 Å². The highest BCUT2D eigenvalue weighted by molar-refractivity contribution is 5.42. The number of nitriles is 2. The first kappa shape index (κ1) is 12.4. The molecule has 1 aromatic rings. The van der Waals surface area contributed by atoms with Crippen LogP contribution in [0.5, 0.6) is 0 Å². The van der Waals surface area contributed by atoms with E-state index in [1.54, 1.807) is 6.07 Å². The number of nitrogens with zero attached hydrogens (tertiary/aromatic N) is 3. The molecule has 0 aliphatic carbocycles. The van der Waals surface area contributed by atoms with E-state index in [-0.39, 0.29) is 17.1 Å². The number of benzene rings is 1. The SMILES string of the molecule is N#CC1=C(N)O[C@@H](c2cccc([N+](=O)[O-])c2)[C@@H]1C#N.